The summed E-state index contributed by atoms with van der Waals surface area (Å²) in [7, 11) is -3.79. The van der Waals surface area contributed by atoms with E-state index in [9.17, 15) is 17.6 Å². The lowest BCUT2D eigenvalue weighted by molar-refractivity contribution is -0.128. The number of amides is 1. The Hall–Kier alpha value is -2.71. The highest BCUT2D eigenvalue weighted by atomic mass is 32.2. The second-order valence-corrected chi connectivity index (χ2v) is 8.71. The predicted molar refractivity (Wildman–Crippen MR) is 107 cm³/mol. The SMILES string of the molecule is C=CCN(Cc1ccc2c(c1)CN(S(=O)(=O)c1ccc(F)cc1)CCO2)C(C)=O. The van der Waals surface area contributed by atoms with E-state index in [1.165, 1.54) is 23.4 Å². The first-order valence-electron chi connectivity index (χ1n) is 9.18. The van der Waals surface area contributed by atoms with Crippen molar-refractivity contribution in [1.29, 1.82) is 0 Å². The van der Waals surface area contributed by atoms with E-state index in [2.05, 4.69) is 6.58 Å². The third-order valence-corrected chi connectivity index (χ3v) is 6.55. The van der Waals surface area contributed by atoms with E-state index in [1.54, 1.807) is 17.0 Å². The van der Waals surface area contributed by atoms with Crippen molar-refractivity contribution in [3.8, 4) is 5.75 Å². The molecule has 1 aliphatic heterocycles. The maximum atomic E-state index is 13.2. The number of hydrogen-bond acceptors (Lipinski definition) is 4. The lowest BCUT2D eigenvalue weighted by Gasteiger charge is -2.21. The largest absolute Gasteiger partial charge is 0.492 e. The number of rotatable bonds is 6. The van der Waals surface area contributed by atoms with Crippen molar-refractivity contribution in [2.24, 2.45) is 0 Å². The number of halogens is 1. The molecule has 0 bridgehead atoms. The molecule has 1 aliphatic rings. The van der Waals surface area contributed by atoms with Gasteiger partial charge in [-0.3, -0.25) is 4.79 Å². The van der Waals surface area contributed by atoms with E-state index in [1.807, 2.05) is 12.1 Å². The molecule has 0 aromatic heterocycles. The quantitative estimate of drug-likeness (QED) is 0.677. The summed E-state index contributed by atoms with van der Waals surface area (Å²) in [5.41, 5.74) is 1.58. The number of nitrogens with zero attached hydrogens (tertiary/aromatic N) is 2. The molecule has 0 saturated carbocycles. The van der Waals surface area contributed by atoms with Gasteiger partial charge < -0.3 is 9.64 Å². The van der Waals surface area contributed by atoms with Gasteiger partial charge in [0.2, 0.25) is 15.9 Å². The molecule has 6 nitrogen and oxygen atoms in total. The van der Waals surface area contributed by atoms with Crippen molar-refractivity contribution in [2.45, 2.75) is 24.9 Å². The van der Waals surface area contributed by atoms with E-state index in [-0.39, 0.29) is 30.5 Å². The van der Waals surface area contributed by atoms with Crippen molar-refractivity contribution in [3.05, 3.63) is 72.1 Å². The van der Waals surface area contributed by atoms with E-state index in [4.69, 9.17) is 4.74 Å². The molecule has 0 unspecified atom stereocenters. The van der Waals surface area contributed by atoms with Crippen LogP contribution in [-0.4, -0.2) is 43.2 Å². The summed E-state index contributed by atoms with van der Waals surface area (Å²) in [4.78, 5) is 13.5. The van der Waals surface area contributed by atoms with Crippen molar-refractivity contribution >= 4 is 15.9 Å². The summed E-state index contributed by atoms with van der Waals surface area (Å²) >= 11 is 0. The Morgan fingerprint density at radius 3 is 2.66 bits per heavy atom. The highest BCUT2D eigenvalue weighted by molar-refractivity contribution is 7.89. The fraction of sp³-hybridized carbons (Fsp3) is 0.286. The van der Waals surface area contributed by atoms with Crippen LogP contribution in [0.2, 0.25) is 0 Å². The van der Waals surface area contributed by atoms with Gasteiger partial charge in [-0.15, -0.1) is 6.58 Å². The lowest BCUT2D eigenvalue weighted by atomic mass is 10.1. The Labute approximate surface area is 170 Å². The first kappa shape index (κ1) is 21.0. The Kier molecular flexibility index (Phi) is 6.34. The minimum atomic E-state index is -3.79. The smallest absolute Gasteiger partial charge is 0.243 e. The maximum Gasteiger partial charge on any atom is 0.243 e. The van der Waals surface area contributed by atoms with E-state index in [0.717, 1.165) is 17.7 Å². The monoisotopic (exact) mass is 418 g/mol. The van der Waals surface area contributed by atoms with Crippen LogP contribution in [0, 0.1) is 5.82 Å². The number of hydrogen-bond donors (Lipinski definition) is 0. The molecule has 8 heteroatoms. The molecule has 3 rings (SSSR count). The van der Waals surface area contributed by atoms with Crippen LogP contribution in [0.1, 0.15) is 18.1 Å². The Morgan fingerprint density at radius 1 is 1.28 bits per heavy atom. The molecule has 0 saturated heterocycles. The van der Waals surface area contributed by atoms with E-state index in [0.29, 0.717) is 24.4 Å². The summed E-state index contributed by atoms with van der Waals surface area (Å²) in [6.45, 7) is 6.49. The second kappa shape index (κ2) is 8.75. The number of ether oxygens (including phenoxy) is 1. The highest BCUT2D eigenvalue weighted by Gasteiger charge is 2.28. The van der Waals surface area contributed by atoms with Gasteiger partial charge in [0.1, 0.15) is 18.2 Å². The van der Waals surface area contributed by atoms with Crippen LogP contribution in [0.4, 0.5) is 4.39 Å². The summed E-state index contributed by atoms with van der Waals surface area (Å²) in [5, 5.41) is 0. The van der Waals surface area contributed by atoms with Gasteiger partial charge in [-0.1, -0.05) is 12.1 Å². The minimum Gasteiger partial charge on any atom is -0.492 e. The van der Waals surface area contributed by atoms with Gasteiger partial charge in [0.05, 0.1) is 4.90 Å². The molecule has 1 amide bonds. The number of sulfonamides is 1. The Morgan fingerprint density at radius 2 is 2.00 bits per heavy atom. The molecule has 0 aliphatic carbocycles. The van der Waals surface area contributed by atoms with Gasteiger partial charge >= 0.3 is 0 Å². The second-order valence-electron chi connectivity index (χ2n) is 6.77. The van der Waals surface area contributed by atoms with Gasteiger partial charge in [0.15, 0.2) is 0 Å². The molecule has 0 N–H and O–H groups in total. The molecule has 0 spiro atoms. The molecule has 0 fully saturated rings. The third-order valence-electron chi connectivity index (χ3n) is 4.69. The standard InChI is InChI=1S/C21H23FN2O4S/c1-3-10-23(16(2)25)14-17-4-9-21-18(13-17)15-24(11-12-28-21)29(26,27)20-7-5-19(22)6-8-20/h3-9,13H,1,10-12,14-15H2,2H3. The zero-order valence-corrected chi connectivity index (χ0v) is 17.0. The van der Waals surface area contributed by atoms with Crippen molar-refractivity contribution in [1.82, 2.24) is 9.21 Å². The van der Waals surface area contributed by atoms with Gasteiger partial charge in [0, 0.05) is 38.7 Å². The van der Waals surface area contributed by atoms with Crippen LogP contribution in [0.15, 0.2) is 60.0 Å². The third kappa shape index (κ3) is 4.83. The number of fused-ring (bicyclic) bond motifs is 1. The minimum absolute atomic E-state index is 0.0345. The van der Waals surface area contributed by atoms with Crippen LogP contribution in [0.25, 0.3) is 0 Å². The first-order valence-corrected chi connectivity index (χ1v) is 10.6. The lowest BCUT2D eigenvalue weighted by Crippen LogP contribution is -2.32. The molecular weight excluding hydrogens is 395 g/mol. The topological polar surface area (TPSA) is 66.9 Å². The zero-order chi connectivity index (χ0) is 21.0. The van der Waals surface area contributed by atoms with Crippen molar-refractivity contribution < 1.29 is 22.3 Å². The molecule has 0 atom stereocenters. The van der Waals surface area contributed by atoms with Gasteiger partial charge in [-0.25, -0.2) is 12.8 Å². The molecule has 2 aromatic rings. The average Bonchev–Trinajstić information content (AvgIpc) is 2.90. The fourth-order valence-electron chi connectivity index (χ4n) is 3.16. The van der Waals surface area contributed by atoms with Crippen LogP contribution < -0.4 is 4.74 Å². The van der Waals surface area contributed by atoms with Crippen LogP contribution in [0.5, 0.6) is 5.75 Å². The zero-order valence-electron chi connectivity index (χ0n) is 16.2. The number of carbonyl (C=O) groups excluding carboxylic acids is 1. The maximum absolute atomic E-state index is 13.2. The number of carbonyl (C=O) groups is 1. The van der Waals surface area contributed by atoms with E-state index < -0.39 is 15.8 Å². The Balaban J connectivity index is 1.87. The molecule has 2 aromatic carbocycles. The summed E-state index contributed by atoms with van der Waals surface area (Å²) in [5.74, 6) is 0.0490. The van der Waals surface area contributed by atoms with E-state index >= 15 is 0 Å². The summed E-state index contributed by atoms with van der Waals surface area (Å²) < 4.78 is 46.2. The van der Waals surface area contributed by atoms with Gasteiger partial charge in [-0.05, 0) is 42.0 Å². The van der Waals surface area contributed by atoms with Gasteiger partial charge in [0.25, 0.3) is 0 Å². The van der Waals surface area contributed by atoms with Crippen LogP contribution >= 0.6 is 0 Å². The summed E-state index contributed by atoms with van der Waals surface area (Å²) in [6, 6.07) is 10.3. The fourth-order valence-corrected chi connectivity index (χ4v) is 4.57. The average molecular weight is 418 g/mol. The van der Waals surface area contributed by atoms with Gasteiger partial charge in [-0.2, -0.15) is 4.31 Å². The molecule has 29 heavy (non-hydrogen) atoms. The van der Waals surface area contributed by atoms with Crippen molar-refractivity contribution in [2.75, 3.05) is 19.7 Å². The van der Waals surface area contributed by atoms with Crippen LogP contribution in [-0.2, 0) is 27.9 Å². The van der Waals surface area contributed by atoms with Crippen molar-refractivity contribution in [3.63, 3.8) is 0 Å². The van der Waals surface area contributed by atoms with Crippen LogP contribution in [0.3, 0.4) is 0 Å². The first-order chi connectivity index (χ1) is 13.8. The molecule has 1 heterocycles. The molecule has 154 valence electrons. The predicted octanol–water partition coefficient (Wildman–Crippen LogP) is 2.94. The highest BCUT2D eigenvalue weighted by Crippen LogP contribution is 2.28. The summed E-state index contributed by atoms with van der Waals surface area (Å²) in [6.07, 6.45) is 1.66. The molecule has 0 radical (unpaired) electrons. The normalized spacial score (nSPS) is 14.4. The number of benzene rings is 2. The molecular formula is C21H23FN2O4S. The Bertz CT molecular complexity index is 1010.